The van der Waals surface area contributed by atoms with Crippen molar-refractivity contribution in [2.24, 2.45) is 0 Å². The molecule has 0 spiro atoms. The third-order valence-corrected chi connectivity index (χ3v) is 55.6. The molecule has 0 heterocycles. The van der Waals surface area contributed by atoms with Gasteiger partial charge in [-0.1, -0.05) is 13.2 Å². The van der Waals surface area contributed by atoms with Gasteiger partial charge in [-0.25, -0.2) is 9.59 Å². The number of carbonyl (C=O) groups is 2. The number of hydrogen-bond donors (Lipinski definition) is 0. The summed E-state index contributed by atoms with van der Waals surface area (Å²) in [6.07, 6.45) is 0.645. The van der Waals surface area contributed by atoms with Gasteiger partial charge in [0, 0.05) is 62.6 Å². The van der Waals surface area contributed by atoms with E-state index in [1.807, 2.05) is 26.2 Å². The summed E-state index contributed by atoms with van der Waals surface area (Å²) in [6.45, 7) is 69.7. The Balaban J connectivity index is 9.55. The number of carbonyl (C=O) groups excluding carboxylic acids is 2. The van der Waals surface area contributed by atoms with Crippen LogP contribution in [0.15, 0.2) is 24.3 Å². The molecule has 0 saturated carbocycles. The molecule has 0 aromatic carbocycles. The Morgan fingerprint density at radius 1 is 0.278 bits per heavy atom. The highest BCUT2D eigenvalue weighted by Crippen LogP contribution is 2.41. The van der Waals surface area contributed by atoms with Crippen molar-refractivity contribution in [3.05, 3.63) is 24.3 Å². The first-order valence-corrected chi connectivity index (χ1v) is 67.8. The van der Waals surface area contributed by atoms with E-state index >= 15 is 0 Å². The Morgan fingerprint density at radius 3 is 0.633 bits per heavy atom. The molecule has 0 fully saturated rings. The highest BCUT2D eigenvalue weighted by Gasteiger charge is 2.67. The summed E-state index contributed by atoms with van der Waals surface area (Å²) in [5, 5.41) is 0. The minimum absolute atomic E-state index is 0.0286. The molecule has 0 saturated heterocycles. The van der Waals surface area contributed by atoms with Crippen molar-refractivity contribution in [2.75, 3.05) is 39.6 Å². The highest BCUT2D eigenvalue weighted by atomic mass is 28.6. The Bertz CT molecular complexity index is 1630. The number of ether oxygens (including phenoxy) is 4. The molecule has 0 aliphatic carbocycles. The van der Waals surface area contributed by atoms with Gasteiger partial charge in [0.15, 0.2) is 66.5 Å². The molecule has 0 N–H and O–H groups in total. The summed E-state index contributed by atoms with van der Waals surface area (Å²) in [5.74, 6) is -0.991. The van der Waals surface area contributed by atoms with Gasteiger partial charge < -0.3 is 72.4 Å². The summed E-state index contributed by atoms with van der Waals surface area (Å²) in [7, 11) is -44.9. The quantitative estimate of drug-likeness (QED) is 0.0242. The number of esters is 2. The second-order valence-corrected chi connectivity index (χ2v) is 83.3. The topological polar surface area (TPSA) is 191 Å². The molecule has 33 heteroatoms. The summed E-state index contributed by atoms with van der Waals surface area (Å²) >= 11 is 0. The standard InChI is InChI=1S/C46H114O19Si14/c1-43(2)45(47)51-39-37-49-35-33-41-78(61-74(29,53-66(5,6)7)54-67(8,9)10,62-75(30,55-68(11,12)13)56-69(14,15)16)65-79(42-34-36-50-38-40-52-46(48)44(3)4,63-76(31,57-70(17,18)19)58-71(20,21)22)64-77(32,59-72(23,24)25)60-73(26,27)28/h1,3,33-42H2,2,4-32H3. The summed E-state index contributed by atoms with van der Waals surface area (Å²) in [5.41, 5.74) is 0.594. The molecule has 468 valence electrons. The van der Waals surface area contributed by atoms with E-state index in [9.17, 15) is 9.59 Å². The molecular formula is C46H114O19Si14. The van der Waals surface area contributed by atoms with Crippen molar-refractivity contribution in [3.8, 4) is 0 Å². The second kappa shape index (κ2) is 31.2. The van der Waals surface area contributed by atoms with Crippen LogP contribution in [0, 0.1) is 0 Å². The molecule has 79 heavy (non-hydrogen) atoms. The fraction of sp³-hybridized carbons (Fsp3) is 0.870. The smallest absolute Gasteiger partial charge is 0.460 e. The Hall–Kier alpha value is 0.856. The lowest BCUT2D eigenvalue weighted by Crippen LogP contribution is -2.74. The minimum atomic E-state index is -4.63. The van der Waals surface area contributed by atoms with Crippen molar-refractivity contribution >= 4 is 131 Å². The van der Waals surface area contributed by atoms with Crippen LogP contribution in [0.3, 0.4) is 0 Å². The normalized spacial score (nSPS) is 14.7. The molecule has 0 aromatic rings. The van der Waals surface area contributed by atoms with Gasteiger partial charge in [-0.15, -0.1) is 0 Å². The summed E-state index contributed by atoms with van der Waals surface area (Å²) < 4.78 is 121. The molecule has 0 atom stereocenters. The van der Waals surface area contributed by atoms with Crippen LogP contribution in [0.4, 0.5) is 0 Å². The van der Waals surface area contributed by atoms with E-state index in [4.69, 9.17) is 72.4 Å². The van der Waals surface area contributed by atoms with Gasteiger partial charge in [0.25, 0.3) is 0 Å². The number of hydrogen-bond acceptors (Lipinski definition) is 19. The van der Waals surface area contributed by atoms with E-state index in [0.717, 1.165) is 0 Å². The molecule has 19 nitrogen and oxygen atoms in total. The maximum Gasteiger partial charge on any atom is 0.478 e. The van der Waals surface area contributed by atoms with Crippen LogP contribution in [-0.4, -0.2) is 171 Å². The third-order valence-electron chi connectivity index (χ3n) is 8.77. The molecule has 0 amide bonds. The predicted molar refractivity (Wildman–Crippen MR) is 351 cm³/mol. The van der Waals surface area contributed by atoms with Gasteiger partial charge in [0.05, 0.1) is 13.2 Å². The first-order valence-electron chi connectivity index (χ1n) is 27.8. The first-order chi connectivity index (χ1) is 34.8. The average molecular weight is 1360 g/mol. The number of rotatable bonds is 42. The lowest BCUT2D eigenvalue weighted by Gasteiger charge is -2.51. The first kappa shape index (κ1) is 79.9. The van der Waals surface area contributed by atoms with Crippen molar-refractivity contribution in [3.63, 3.8) is 0 Å². The van der Waals surface area contributed by atoms with Crippen molar-refractivity contribution in [2.45, 2.75) is 222 Å². The van der Waals surface area contributed by atoms with Crippen LogP contribution < -0.4 is 0 Å². The van der Waals surface area contributed by atoms with Crippen LogP contribution in [0.1, 0.15) is 26.7 Å². The molecule has 0 aromatic heterocycles. The third kappa shape index (κ3) is 39.3. The molecule has 0 rings (SSSR count). The van der Waals surface area contributed by atoms with Crippen molar-refractivity contribution in [1.82, 2.24) is 0 Å². The van der Waals surface area contributed by atoms with Crippen LogP contribution >= 0.6 is 0 Å². The maximum atomic E-state index is 12.3. The van der Waals surface area contributed by atoms with Crippen molar-refractivity contribution in [1.29, 1.82) is 0 Å². The SMILES string of the molecule is C=C(C)C(=O)OCCOCCC[Si](O[Si](C)(O[Si](C)(C)C)O[Si](C)(C)C)(O[Si](C)(O[Si](C)(C)C)O[Si](C)(C)C)O[Si](CCCOCCOC(=O)C(=C)C)(O[Si](C)(O[Si](C)(C)C)O[Si](C)(C)C)O[Si](C)(O[Si](C)(C)C)O[Si](C)(C)C. The van der Waals surface area contributed by atoms with Gasteiger partial charge in [0.1, 0.15) is 13.2 Å². The average Bonchev–Trinajstić information content (AvgIpc) is 3.09. The Labute approximate surface area is 496 Å². The van der Waals surface area contributed by atoms with Crippen LogP contribution in [-0.2, 0) is 82.0 Å². The van der Waals surface area contributed by atoms with E-state index < -0.39 is 131 Å². The summed E-state index contributed by atoms with van der Waals surface area (Å²) in [6, 6.07) is 0.238. The molecule has 0 bridgehead atoms. The lowest BCUT2D eigenvalue weighted by molar-refractivity contribution is -0.141. The maximum absolute atomic E-state index is 12.3. The monoisotopic (exact) mass is 1360 g/mol. The fourth-order valence-electron chi connectivity index (χ4n) is 8.12. The molecular weight excluding hydrogens is 1250 g/mol. The van der Waals surface area contributed by atoms with Crippen LogP contribution in [0.25, 0.3) is 0 Å². The minimum Gasteiger partial charge on any atom is -0.460 e. The van der Waals surface area contributed by atoms with E-state index in [-0.39, 0.29) is 51.7 Å². The summed E-state index contributed by atoms with van der Waals surface area (Å²) in [4.78, 5) is 24.7. The molecule has 0 aliphatic heterocycles. The van der Waals surface area contributed by atoms with Gasteiger partial charge in [0.2, 0.25) is 0 Å². The van der Waals surface area contributed by atoms with E-state index in [1.165, 1.54) is 0 Å². The van der Waals surface area contributed by atoms with E-state index in [0.29, 0.717) is 24.0 Å². The van der Waals surface area contributed by atoms with Crippen LogP contribution in [0.5, 0.6) is 0 Å². The van der Waals surface area contributed by atoms with E-state index in [2.05, 4.69) is 170 Å². The zero-order valence-corrected chi connectivity index (χ0v) is 69.2. The van der Waals surface area contributed by atoms with Gasteiger partial charge in [-0.05, 0) is 184 Å². The van der Waals surface area contributed by atoms with Crippen molar-refractivity contribution < 1.29 is 82.0 Å². The Kier molecular flexibility index (Phi) is 31.5. The zero-order chi connectivity index (χ0) is 62.4. The van der Waals surface area contributed by atoms with Gasteiger partial charge in [-0.3, -0.25) is 0 Å². The molecule has 0 aliphatic rings. The molecule has 0 radical (unpaired) electrons. The van der Waals surface area contributed by atoms with Crippen LogP contribution in [0.2, 0.25) is 195 Å². The molecule has 0 unspecified atom stereocenters. The largest absolute Gasteiger partial charge is 0.478 e. The lowest BCUT2D eigenvalue weighted by atomic mass is 10.4. The predicted octanol–water partition coefficient (Wildman–Crippen LogP) is 13.1. The Morgan fingerprint density at radius 2 is 0.468 bits per heavy atom. The second-order valence-electron chi connectivity index (χ2n) is 28.3. The highest BCUT2D eigenvalue weighted by molar-refractivity contribution is 6.97. The van der Waals surface area contributed by atoms with Gasteiger partial charge in [-0.2, -0.15) is 0 Å². The van der Waals surface area contributed by atoms with E-state index in [1.54, 1.807) is 13.8 Å². The fourth-order valence-corrected chi connectivity index (χ4v) is 68.0. The zero-order valence-electron chi connectivity index (χ0n) is 55.2. The van der Waals surface area contributed by atoms with Gasteiger partial charge >= 0.3 is 64.8 Å².